The molecule has 0 spiro atoms. The molecule has 0 aliphatic carbocycles. The quantitative estimate of drug-likeness (QED) is 0.815. The number of aliphatic carboxylic acids is 1. The lowest BCUT2D eigenvalue weighted by atomic mass is 10.3. The van der Waals surface area contributed by atoms with E-state index in [1.165, 1.54) is 24.5 Å². The van der Waals surface area contributed by atoms with Gasteiger partial charge in [0, 0.05) is 0 Å². The van der Waals surface area contributed by atoms with Gasteiger partial charge in [0.15, 0.2) is 0 Å². The van der Waals surface area contributed by atoms with E-state index in [-0.39, 0.29) is 5.91 Å². The van der Waals surface area contributed by atoms with Crippen molar-refractivity contribution in [2.45, 2.75) is 32.7 Å². The molecular formula is C10H14N2O3S. The van der Waals surface area contributed by atoms with E-state index in [9.17, 15) is 9.59 Å². The second kappa shape index (κ2) is 5.60. The molecule has 1 unspecified atom stereocenters. The number of carboxylic acids is 1. The van der Waals surface area contributed by atoms with Crippen LogP contribution in [0, 0.1) is 0 Å². The highest BCUT2D eigenvalue weighted by Gasteiger charge is 2.16. The van der Waals surface area contributed by atoms with Crippen molar-refractivity contribution in [2.75, 3.05) is 0 Å². The van der Waals surface area contributed by atoms with E-state index in [4.69, 9.17) is 5.11 Å². The molecule has 88 valence electrons. The van der Waals surface area contributed by atoms with Crippen molar-refractivity contribution in [3.63, 3.8) is 0 Å². The van der Waals surface area contributed by atoms with Crippen molar-refractivity contribution in [3.8, 4) is 0 Å². The molecule has 0 radical (unpaired) electrons. The van der Waals surface area contributed by atoms with Crippen LogP contribution in [0.2, 0.25) is 0 Å². The van der Waals surface area contributed by atoms with Gasteiger partial charge in [-0.3, -0.25) is 9.59 Å². The Kier molecular flexibility index (Phi) is 4.42. The van der Waals surface area contributed by atoms with E-state index < -0.39 is 12.0 Å². The van der Waals surface area contributed by atoms with Crippen LogP contribution in [-0.2, 0) is 11.2 Å². The van der Waals surface area contributed by atoms with Crippen molar-refractivity contribution in [3.05, 3.63) is 16.1 Å². The van der Waals surface area contributed by atoms with Crippen LogP contribution >= 0.6 is 11.3 Å². The smallest absolute Gasteiger partial charge is 0.325 e. The minimum absolute atomic E-state index is 0.380. The van der Waals surface area contributed by atoms with Crippen molar-refractivity contribution in [2.24, 2.45) is 0 Å². The molecule has 0 fully saturated rings. The third-order valence-electron chi connectivity index (χ3n) is 1.96. The summed E-state index contributed by atoms with van der Waals surface area (Å²) in [5, 5.41) is 11.9. The summed E-state index contributed by atoms with van der Waals surface area (Å²) in [6.45, 7) is 3.46. The molecule has 1 aromatic heterocycles. The molecule has 5 nitrogen and oxygen atoms in total. The number of carbonyl (C=O) groups is 2. The van der Waals surface area contributed by atoms with Crippen LogP contribution in [-0.4, -0.2) is 28.0 Å². The molecule has 0 saturated carbocycles. The van der Waals surface area contributed by atoms with E-state index in [0.717, 1.165) is 17.8 Å². The maximum atomic E-state index is 11.6. The topological polar surface area (TPSA) is 79.3 Å². The number of rotatable bonds is 5. The fourth-order valence-electron chi connectivity index (χ4n) is 1.07. The van der Waals surface area contributed by atoms with Crippen LogP contribution in [0.4, 0.5) is 0 Å². The van der Waals surface area contributed by atoms with Gasteiger partial charge in [-0.15, -0.1) is 11.3 Å². The highest BCUT2D eigenvalue weighted by Crippen LogP contribution is 2.14. The number of aromatic nitrogens is 1. The van der Waals surface area contributed by atoms with Crippen molar-refractivity contribution >= 4 is 23.2 Å². The lowest BCUT2D eigenvalue weighted by Gasteiger charge is -2.06. The van der Waals surface area contributed by atoms with E-state index in [2.05, 4.69) is 10.3 Å². The molecule has 0 aromatic carbocycles. The molecule has 1 heterocycles. The van der Waals surface area contributed by atoms with Crippen LogP contribution in [0.15, 0.2) is 6.20 Å². The molecule has 1 aromatic rings. The molecule has 0 aliphatic rings. The molecule has 0 bridgehead atoms. The lowest BCUT2D eigenvalue weighted by Crippen LogP contribution is -2.37. The van der Waals surface area contributed by atoms with E-state index >= 15 is 0 Å². The van der Waals surface area contributed by atoms with Gasteiger partial charge in [-0.05, 0) is 19.8 Å². The molecule has 6 heteroatoms. The Bertz CT molecular complexity index is 389. The first-order valence-electron chi connectivity index (χ1n) is 5.03. The van der Waals surface area contributed by atoms with E-state index in [1.807, 2.05) is 6.92 Å². The first-order chi connectivity index (χ1) is 7.54. The van der Waals surface area contributed by atoms with Crippen LogP contribution in [0.1, 0.15) is 34.9 Å². The Hall–Kier alpha value is -1.43. The molecule has 0 aliphatic heterocycles. The summed E-state index contributed by atoms with van der Waals surface area (Å²) in [5.74, 6) is -1.43. The normalized spacial score (nSPS) is 12.1. The molecule has 2 N–H and O–H groups in total. The van der Waals surface area contributed by atoms with Gasteiger partial charge < -0.3 is 10.4 Å². The number of carbonyl (C=O) groups excluding carboxylic acids is 1. The number of hydrogen-bond acceptors (Lipinski definition) is 4. The Morgan fingerprint density at radius 2 is 2.31 bits per heavy atom. The molecule has 1 rings (SSSR count). The summed E-state index contributed by atoms with van der Waals surface area (Å²) >= 11 is 1.30. The fraction of sp³-hybridized carbons (Fsp3) is 0.500. The van der Waals surface area contributed by atoms with Gasteiger partial charge in [-0.1, -0.05) is 6.92 Å². The Labute approximate surface area is 97.5 Å². The maximum Gasteiger partial charge on any atom is 0.325 e. The summed E-state index contributed by atoms with van der Waals surface area (Å²) in [6.07, 6.45) is 3.30. The number of amides is 1. The molecule has 0 saturated heterocycles. The molecular weight excluding hydrogens is 228 g/mol. The van der Waals surface area contributed by atoms with Gasteiger partial charge in [-0.2, -0.15) is 0 Å². The number of hydrogen-bond donors (Lipinski definition) is 2. The summed E-state index contributed by atoms with van der Waals surface area (Å²) < 4.78 is 0. The largest absolute Gasteiger partial charge is 0.480 e. The van der Waals surface area contributed by atoms with Crippen molar-refractivity contribution in [1.82, 2.24) is 10.3 Å². The average molecular weight is 242 g/mol. The highest BCUT2D eigenvalue weighted by molar-refractivity contribution is 7.13. The molecule has 1 atom stereocenters. The predicted octanol–water partition coefficient (Wildman–Crippen LogP) is 1.30. The summed E-state index contributed by atoms with van der Waals surface area (Å²) in [4.78, 5) is 26.7. The van der Waals surface area contributed by atoms with Gasteiger partial charge in [0.25, 0.3) is 5.91 Å². The zero-order valence-corrected chi connectivity index (χ0v) is 10.0. The number of aryl methyl sites for hydroxylation is 1. The second-order valence-electron chi connectivity index (χ2n) is 3.40. The minimum atomic E-state index is -1.05. The van der Waals surface area contributed by atoms with Crippen molar-refractivity contribution in [1.29, 1.82) is 0 Å². The summed E-state index contributed by atoms with van der Waals surface area (Å²) in [6, 6.07) is -0.885. The summed E-state index contributed by atoms with van der Waals surface area (Å²) in [7, 11) is 0. The van der Waals surface area contributed by atoms with Gasteiger partial charge in [-0.25, -0.2) is 4.98 Å². The van der Waals surface area contributed by atoms with E-state index in [1.54, 1.807) is 0 Å². The van der Waals surface area contributed by atoms with Crippen LogP contribution in [0.5, 0.6) is 0 Å². The zero-order valence-electron chi connectivity index (χ0n) is 9.19. The molecule has 16 heavy (non-hydrogen) atoms. The van der Waals surface area contributed by atoms with Gasteiger partial charge in [0.05, 0.1) is 11.2 Å². The number of thiazole rings is 1. The Morgan fingerprint density at radius 1 is 1.62 bits per heavy atom. The lowest BCUT2D eigenvalue weighted by molar-refractivity contribution is -0.138. The average Bonchev–Trinajstić information content (AvgIpc) is 2.66. The highest BCUT2D eigenvalue weighted by atomic mass is 32.1. The SMILES string of the molecule is CCCc1ncc(C(=O)NC(C)C(=O)O)s1. The maximum absolute atomic E-state index is 11.6. The van der Waals surface area contributed by atoms with Gasteiger partial charge >= 0.3 is 5.97 Å². The van der Waals surface area contributed by atoms with E-state index in [0.29, 0.717) is 4.88 Å². The predicted molar refractivity (Wildman–Crippen MR) is 60.7 cm³/mol. The van der Waals surface area contributed by atoms with Crippen molar-refractivity contribution < 1.29 is 14.7 Å². The third-order valence-corrected chi connectivity index (χ3v) is 3.02. The van der Waals surface area contributed by atoms with Crippen LogP contribution in [0.3, 0.4) is 0 Å². The van der Waals surface area contributed by atoms with Gasteiger partial charge in [0.1, 0.15) is 10.9 Å². The number of nitrogens with zero attached hydrogens (tertiary/aromatic N) is 1. The van der Waals surface area contributed by atoms with Crippen LogP contribution < -0.4 is 5.32 Å². The second-order valence-corrected chi connectivity index (χ2v) is 4.52. The standard InChI is InChI=1S/C10H14N2O3S/c1-3-4-8-11-5-7(16-8)9(13)12-6(2)10(14)15/h5-6H,3-4H2,1-2H3,(H,12,13)(H,14,15). The number of carboxylic acid groups (broad SMARTS) is 1. The zero-order chi connectivity index (χ0) is 12.1. The first kappa shape index (κ1) is 12.6. The molecule has 1 amide bonds. The third kappa shape index (κ3) is 3.30. The fourth-order valence-corrected chi connectivity index (χ4v) is 2.00. The van der Waals surface area contributed by atoms with Crippen LogP contribution in [0.25, 0.3) is 0 Å². The summed E-state index contributed by atoms with van der Waals surface area (Å²) in [5.41, 5.74) is 0. The minimum Gasteiger partial charge on any atom is -0.480 e. The Balaban J connectivity index is 2.62. The Morgan fingerprint density at radius 3 is 2.88 bits per heavy atom. The first-order valence-corrected chi connectivity index (χ1v) is 5.84. The van der Waals surface area contributed by atoms with Gasteiger partial charge in [0.2, 0.25) is 0 Å². The number of nitrogens with one attached hydrogen (secondary N) is 1. The monoisotopic (exact) mass is 242 g/mol.